The highest BCUT2D eigenvalue weighted by atomic mass is 19.3. The number of ether oxygens (including phenoxy) is 2. The van der Waals surface area contributed by atoms with Crippen LogP contribution in [0.2, 0.25) is 0 Å². The van der Waals surface area contributed by atoms with Crippen LogP contribution in [0, 0.1) is 0 Å². The molecular weight excluding hydrogens is 346 g/mol. The topological polar surface area (TPSA) is 52.6 Å². The van der Waals surface area contributed by atoms with Gasteiger partial charge in [-0.25, -0.2) is 18.4 Å². The molecule has 1 rings (SSSR count). The molecule has 2 unspecified atom stereocenters. The highest BCUT2D eigenvalue weighted by Crippen LogP contribution is 2.56. The molecule has 4 nitrogen and oxygen atoms in total. The van der Waals surface area contributed by atoms with Crippen LogP contribution >= 0.6 is 0 Å². The maximum Gasteiger partial charge on any atom is 0.357 e. The molecule has 0 aromatic rings. The first kappa shape index (κ1) is 19.8. The van der Waals surface area contributed by atoms with Crippen molar-refractivity contribution >= 4 is 11.9 Å². The predicted octanol–water partition coefficient (Wildman–Crippen LogP) is 2.70. The predicted molar refractivity (Wildman–Crippen MR) is 69.0 cm³/mol. The smallest absolute Gasteiger partial charge is 0.357 e. The van der Waals surface area contributed by atoms with E-state index in [2.05, 4.69) is 22.6 Å². The number of rotatable bonds is 6. The molecule has 2 atom stereocenters. The van der Waals surface area contributed by atoms with Crippen molar-refractivity contribution < 1.29 is 45.4 Å². The molecular formula is C14H12F6O4. The van der Waals surface area contributed by atoms with Crippen molar-refractivity contribution in [3.05, 3.63) is 37.5 Å². The molecule has 1 aliphatic carbocycles. The lowest BCUT2D eigenvalue weighted by Crippen LogP contribution is -2.73. The van der Waals surface area contributed by atoms with Gasteiger partial charge in [0.05, 0.1) is 0 Å². The van der Waals surface area contributed by atoms with E-state index in [1.165, 1.54) is 0 Å². The second-order valence-electron chi connectivity index (χ2n) is 4.68. The minimum atomic E-state index is -5.82. The van der Waals surface area contributed by atoms with Gasteiger partial charge >= 0.3 is 29.5 Å². The van der Waals surface area contributed by atoms with Crippen LogP contribution in [0.3, 0.4) is 0 Å². The molecule has 0 N–H and O–H groups in total. The van der Waals surface area contributed by atoms with E-state index < -0.39 is 60.5 Å². The van der Waals surface area contributed by atoms with Crippen LogP contribution in [-0.2, 0) is 19.1 Å². The van der Waals surface area contributed by atoms with Gasteiger partial charge in [-0.15, -0.1) is 0 Å². The first-order chi connectivity index (χ1) is 10.9. The summed E-state index contributed by atoms with van der Waals surface area (Å²) in [6.45, 7) is 4.45. The largest absolute Gasteiger partial charge is 0.459 e. The van der Waals surface area contributed by atoms with Crippen molar-refractivity contribution in [1.29, 1.82) is 0 Å². The molecule has 134 valence electrons. The second kappa shape index (κ2) is 6.33. The third-order valence-electron chi connectivity index (χ3n) is 3.11. The van der Waals surface area contributed by atoms with E-state index in [9.17, 15) is 35.9 Å². The van der Waals surface area contributed by atoms with Crippen molar-refractivity contribution in [2.45, 2.75) is 23.2 Å². The van der Waals surface area contributed by atoms with Crippen LogP contribution in [0.25, 0.3) is 0 Å². The zero-order valence-corrected chi connectivity index (χ0v) is 12.0. The summed E-state index contributed by atoms with van der Waals surface area (Å²) in [7, 11) is 0. The van der Waals surface area contributed by atoms with Gasteiger partial charge in [0.2, 0.25) is 0 Å². The summed E-state index contributed by atoms with van der Waals surface area (Å²) in [5.74, 6) is -16.1. The quantitative estimate of drug-likeness (QED) is 0.416. The fourth-order valence-electron chi connectivity index (χ4n) is 1.83. The number of hydrogen-bond donors (Lipinski definition) is 0. The molecule has 0 bridgehead atoms. The van der Waals surface area contributed by atoms with Gasteiger partial charge in [-0.3, -0.25) is 0 Å². The molecule has 0 amide bonds. The van der Waals surface area contributed by atoms with E-state index in [1.807, 2.05) is 0 Å². The molecule has 10 heteroatoms. The van der Waals surface area contributed by atoms with Crippen LogP contribution < -0.4 is 0 Å². The summed E-state index contributed by atoms with van der Waals surface area (Å²) in [5.41, 5.74) is -10.1. The third kappa shape index (κ3) is 2.59. The number of halogens is 6. The van der Waals surface area contributed by atoms with E-state index in [1.54, 1.807) is 0 Å². The Hall–Kier alpha value is -2.26. The van der Waals surface area contributed by atoms with Gasteiger partial charge in [-0.2, -0.15) is 17.6 Å². The molecule has 0 radical (unpaired) electrons. The second-order valence-corrected chi connectivity index (χ2v) is 4.68. The summed E-state index contributed by atoms with van der Waals surface area (Å²) in [6, 6.07) is 0. The monoisotopic (exact) mass is 358 g/mol. The average molecular weight is 358 g/mol. The van der Waals surface area contributed by atoms with Crippen molar-refractivity contribution in [2.24, 2.45) is 0 Å². The molecule has 0 spiro atoms. The van der Waals surface area contributed by atoms with Crippen molar-refractivity contribution in [1.82, 2.24) is 0 Å². The molecule has 0 fully saturated rings. The van der Waals surface area contributed by atoms with Gasteiger partial charge in [0, 0.05) is 0 Å². The van der Waals surface area contributed by atoms with Crippen LogP contribution in [0.1, 0.15) is 0 Å². The van der Waals surface area contributed by atoms with Crippen LogP contribution in [-0.4, -0.2) is 48.3 Å². The fourth-order valence-corrected chi connectivity index (χ4v) is 1.83. The Labute approximate surface area is 132 Å². The van der Waals surface area contributed by atoms with Gasteiger partial charge in [0.25, 0.3) is 5.67 Å². The summed E-state index contributed by atoms with van der Waals surface area (Å²) >= 11 is 0. The van der Waals surface area contributed by atoms with Crippen molar-refractivity contribution in [2.75, 3.05) is 13.2 Å². The molecule has 0 aliphatic heterocycles. The summed E-state index contributed by atoms with van der Waals surface area (Å²) in [5, 5.41) is 0. The van der Waals surface area contributed by atoms with Gasteiger partial charge in [0.15, 0.2) is 0 Å². The Morgan fingerprint density at radius 3 is 1.79 bits per heavy atom. The number of carbonyl (C=O) groups is 2. The van der Waals surface area contributed by atoms with Crippen LogP contribution in [0.5, 0.6) is 0 Å². The Kier molecular flexibility index (Phi) is 5.22. The van der Waals surface area contributed by atoms with Crippen molar-refractivity contribution in [3.8, 4) is 0 Å². The molecule has 0 aromatic carbocycles. The van der Waals surface area contributed by atoms with E-state index in [4.69, 9.17) is 0 Å². The normalized spacial score (nSPS) is 30.2. The fraction of sp³-hybridized carbons (Fsp3) is 0.429. The summed E-state index contributed by atoms with van der Waals surface area (Å²) in [6.07, 6.45) is 0.477. The number of esters is 2. The number of alkyl halides is 6. The average Bonchev–Trinajstić information content (AvgIpc) is 2.52. The minimum absolute atomic E-state index is 0.545. The minimum Gasteiger partial charge on any atom is -0.459 e. The Morgan fingerprint density at radius 2 is 1.33 bits per heavy atom. The molecule has 1 aliphatic rings. The highest BCUT2D eigenvalue weighted by molar-refractivity contribution is 5.91. The SMILES string of the molecule is C=CCOC(=O)C1(F)C=CC(F)(F)C(F)(C(=O)OCC=C)C1(F)F. The zero-order chi connectivity index (χ0) is 18.8. The maximum absolute atomic E-state index is 14.5. The lowest BCUT2D eigenvalue weighted by Gasteiger charge is -2.43. The van der Waals surface area contributed by atoms with Crippen LogP contribution in [0.4, 0.5) is 26.3 Å². The molecule has 0 saturated carbocycles. The van der Waals surface area contributed by atoms with E-state index in [0.29, 0.717) is 0 Å². The Bertz CT molecular complexity index is 588. The highest BCUT2D eigenvalue weighted by Gasteiger charge is 2.85. The third-order valence-corrected chi connectivity index (χ3v) is 3.11. The van der Waals surface area contributed by atoms with Crippen molar-refractivity contribution in [3.63, 3.8) is 0 Å². The van der Waals surface area contributed by atoms with E-state index >= 15 is 0 Å². The summed E-state index contributed by atoms with van der Waals surface area (Å²) in [4.78, 5) is 22.9. The number of allylic oxidation sites excluding steroid dienone is 1. The number of carbonyl (C=O) groups excluding carboxylic acids is 2. The van der Waals surface area contributed by atoms with Gasteiger partial charge in [-0.1, -0.05) is 25.3 Å². The van der Waals surface area contributed by atoms with E-state index in [0.717, 1.165) is 12.2 Å². The lowest BCUT2D eigenvalue weighted by molar-refractivity contribution is -0.276. The van der Waals surface area contributed by atoms with Gasteiger partial charge < -0.3 is 9.47 Å². The Balaban J connectivity index is 3.46. The maximum atomic E-state index is 14.5. The zero-order valence-electron chi connectivity index (χ0n) is 12.0. The van der Waals surface area contributed by atoms with E-state index in [-0.39, 0.29) is 0 Å². The molecule has 0 saturated heterocycles. The standard InChI is InChI=1S/C14H12F6O4/c1-3-7-23-9(21)11(15)5-6-12(16,17)13(18,14(11,19)20)10(22)24-8-4-2/h3-6H,1-2,7-8H2. The van der Waals surface area contributed by atoms with Gasteiger partial charge in [-0.05, 0) is 12.2 Å². The first-order valence-electron chi connectivity index (χ1n) is 6.32. The number of hydrogen-bond acceptors (Lipinski definition) is 4. The molecule has 0 heterocycles. The lowest BCUT2D eigenvalue weighted by atomic mass is 9.75. The summed E-state index contributed by atoms with van der Waals surface area (Å²) < 4.78 is 92.7. The van der Waals surface area contributed by atoms with Gasteiger partial charge in [0.1, 0.15) is 13.2 Å². The molecule has 24 heavy (non-hydrogen) atoms. The van der Waals surface area contributed by atoms with Crippen LogP contribution in [0.15, 0.2) is 37.5 Å². The Morgan fingerprint density at radius 1 is 0.875 bits per heavy atom. The molecule has 0 aromatic heterocycles. The first-order valence-corrected chi connectivity index (χ1v) is 6.32.